The van der Waals surface area contributed by atoms with Gasteiger partial charge in [0.2, 0.25) is 0 Å². The summed E-state index contributed by atoms with van der Waals surface area (Å²) in [6.07, 6.45) is 3.66. The van der Waals surface area contributed by atoms with Crippen LogP contribution in [-0.4, -0.2) is 34.1 Å². The van der Waals surface area contributed by atoms with Gasteiger partial charge in [-0.15, -0.1) is 0 Å². The van der Waals surface area contributed by atoms with E-state index in [0.717, 1.165) is 18.5 Å². The topological polar surface area (TPSA) is 79.2 Å². The number of aryl methyl sites for hydroxylation is 1. The molecule has 0 aliphatic carbocycles. The lowest BCUT2D eigenvalue weighted by Gasteiger charge is -2.31. The van der Waals surface area contributed by atoms with Crippen molar-refractivity contribution in [2.45, 2.75) is 25.7 Å². The summed E-state index contributed by atoms with van der Waals surface area (Å²) in [5.74, 6) is 0.597. The Balaban J connectivity index is 1.79. The minimum atomic E-state index is -0.222. The SMILES string of the molecule is Cc1cc(=O)cc(C(=O)N2CCCC(c3ccn[nH]3)C2)o1. The van der Waals surface area contributed by atoms with Crippen LogP contribution in [0.1, 0.15) is 40.8 Å². The van der Waals surface area contributed by atoms with Crippen LogP contribution in [0.15, 0.2) is 33.6 Å². The van der Waals surface area contributed by atoms with E-state index in [1.165, 1.54) is 12.1 Å². The molecule has 6 heteroatoms. The lowest BCUT2D eigenvalue weighted by molar-refractivity contribution is 0.0669. The molecule has 1 N–H and O–H groups in total. The zero-order valence-electron chi connectivity index (χ0n) is 11.8. The van der Waals surface area contributed by atoms with Crippen LogP contribution in [0.4, 0.5) is 0 Å². The number of aromatic amines is 1. The van der Waals surface area contributed by atoms with Crippen molar-refractivity contribution in [3.05, 3.63) is 51.8 Å². The summed E-state index contributed by atoms with van der Waals surface area (Å²) in [7, 11) is 0. The Bertz CT molecular complexity index is 690. The van der Waals surface area contributed by atoms with E-state index in [4.69, 9.17) is 4.42 Å². The zero-order chi connectivity index (χ0) is 14.8. The number of nitrogens with one attached hydrogen (secondary N) is 1. The maximum atomic E-state index is 12.5. The Morgan fingerprint density at radius 2 is 2.33 bits per heavy atom. The summed E-state index contributed by atoms with van der Waals surface area (Å²) in [4.78, 5) is 25.7. The average Bonchev–Trinajstić information content (AvgIpc) is 3.00. The van der Waals surface area contributed by atoms with Crippen LogP contribution in [0, 0.1) is 6.92 Å². The highest BCUT2D eigenvalue weighted by molar-refractivity contribution is 5.91. The van der Waals surface area contributed by atoms with E-state index >= 15 is 0 Å². The lowest BCUT2D eigenvalue weighted by Crippen LogP contribution is -2.39. The van der Waals surface area contributed by atoms with Crippen molar-refractivity contribution in [2.24, 2.45) is 0 Å². The molecule has 0 radical (unpaired) electrons. The number of aromatic nitrogens is 2. The third-order valence-corrected chi connectivity index (χ3v) is 3.77. The second kappa shape index (κ2) is 5.55. The fraction of sp³-hybridized carbons (Fsp3) is 0.400. The van der Waals surface area contributed by atoms with E-state index in [9.17, 15) is 9.59 Å². The van der Waals surface area contributed by atoms with Crippen LogP contribution >= 0.6 is 0 Å². The number of nitrogens with zero attached hydrogens (tertiary/aromatic N) is 2. The first-order chi connectivity index (χ1) is 10.1. The smallest absolute Gasteiger partial charge is 0.289 e. The quantitative estimate of drug-likeness (QED) is 0.911. The molecule has 3 rings (SSSR count). The monoisotopic (exact) mass is 287 g/mol. The van der Waals surface area contributed by atoms with Gasteiger partial charge in [0.1, 0.15) is 5.76 Å². The van der Waals surface area contributed by atoms with Crippen molar-refractivity contribution in [3.8, 4) is 0 Å². The van der Waals surface area contributed by atoms with Crippen LogP contribution in [0.5, 0.6) is 0 Å². The fourth-order valence-corrected chi connectivity index (χ4v) is 2.77. The van der Waals surface area contributed by atoms with Crippen molar-refractivity contribution in [2.75, 3.05) is 13.1 Å². The first kappa shape index (κ1) is 13.6. The van der Waals surface area contributed by atoms with Gasteiger partial charge < -0.3 is 9.32 Å². The minimum absolute atomic E-state index is 0.116. The largest absolute Gasteiger partial charge is 0.456 e. The molecule has 1 aliphatic rings. The molecule has 3 heterocycles. The molecule has 0 saturated carbocycles. The van der Waals surface area contributed by atoms with Gasteiger partial charge in [0.15, 0.2) is 11.2 Å². The predicted molar refractivity (Wildman–Crippen MR) is 76.2 cm³/mol. The Morgan fingerprint density at radius 1 is 1.48 bits per heavy atom. The van der Waals surface area contributed by atoms with Gasteiger partial charge in [-0.2, -0.15) is 5.10 Å². The number of likely N-dealkylation sites (tertiary alicyclic amines) is 1. The number of H-pyrrole nitrogens is 1. The number of hydrogen-bond acceptors (Lipinski definition) is 4. The maximum Gasteiger partial charge on any atom is 0.289 e. The number of carbonyl (C=O) groups excluding carboxylic acids is 1. The molecule has 2 aromatic heterocycles. The minimum Gasteiger partial charge on any atom is -0.456 e. The number of hydrogen-bond donors (Lipinski definition) is 1. The Hall–Kier alpha value is -2.37. The van der Waals surface area contributed by atoms with E-state index in [1.54, 1.807) is 18.0 Å². The standard InChI is InChI=1S/C15H17N3O3/c1-10-7-12(19)8-14(21-10)15(20)18-6-2-3-11(9-18)13-4-5-16-17-13/h4-5,7-8,11H,2-3,6,9H2,1H3,(H,16,17). The highest BCUT2D eigenvalue weighted by Crippen LogP contribution is 2.26. The third-order valence-electron chi connectivity index (χ3n) is 3.77. The molecule has 1 amide bonds. The Morgan fingerprint density at radius 3 is 3.05 bits per heavy atom. The van der Waals surface area contributed by atoms with Crippen molar-refractivity contribution < 1.29 is 9.21 Å². The van der Waals surface area contributed by atoms with E-state index in [0.29, 0.717) is 18.8 Å². The summed E-state index contributed by atoms with van der Waals surface area (Å²) in [5, 5.41) is 6.92. The molecule has 0 spiro atoms. The highest BCUT2D eigenvalue weighted by atomic mass is 16.3. The second-order valence-corrected chi connectivity index (χ2v) is 5.37. The Labute approximate surface area is 121 Å². The molecular weight excluding hydrogens is 270 g/mol. The molecule has 1 unspecified atom stereocenters. The number of piperidine rings is 1. The van der Waals surface area contributed by atoms with Crippen LogP contribution in [0.2, 0.25) is 0 Å². The fourth-order valence-electron chi connectivity index (χ4n) is 2.77. The normalized spacial score (nSPS) is 18.7. The molecule has 2 aromatic rings. The molecule has 110 valence electrons. The lowest BCUT2D eigenvalue weighted by atomic mass is 9.95. The van der Waals surface area contributed by atoms with Gasteiger partial charge >= 0.3 is 0 Å². The number of rotatable bonds is 2. The zero-order valence-corrected chi connectivity index (χ0v) is 11.8. The molecule has 21 heavy (non-hydrogen) atoms. The highest BCUT2D eigenvalue weighted by Gasteiger charge is 2.27. The van der Waals surface area contributed by atoms with E-state index in [-0.39, 0.29) is 23.0 Å². The molecule has 6 nitrogen and oxygen atoms in total. The molecule has 1 saturated heterocycles. The molecule has 1 aliphatic heterocycles. The van der Waals surface area contributed by atoms with Gasteiger partial charge in [-0.25, -0.2) is 0 Å². The van der Waals surface area contributed by atoms with Gasteiger partial charge in [0, 0.05) is 43.0 Å². The van der Waals surface area contributed by atoms with Gasteiger partial charge in [-0.1, -0.05) is 0 Å². The van der Waals surface area contributed by atoms with Gasteiger partial charge in [0.05, 0.1) is 0 Å². The average molecular weight is 287 g/mol. The molecular formula is C15H17N3O3. The van der Waals surface area contributed by atoms with Crippen molar-refractivity contribution in [1.29, 1.82) is 0 Å². The second-order valence-electron chi connectivity index (χ2n) is 5.37. The van der Waals surface area contributed by atoms with Crippen molar-refractivity contribution in [3.63, 3.8) is 0 Å². The van der Waals surface area contributed by atoms with E-state index < -0.39 is 0 Å². The first-order valence-corrected chi connectivity index (χ1v) is 7.04. The van der Waals surface area contributed by atoms with E-state index in [2.05, 4.69) is 10.2 Å². The molecule has 1 fully saturated rings. The predicted octanol–water partition coefficient (Wildman–Crippen LogP) is 1.69. The number of amides is 1. The van der Waals surface area contributed by atoms with Crippen molar-refractivity contribution in [1.82, 2.24) is 15.1 Å². The van der Waals surface area contributed by atoms with Crippen molar-refractivity contribution >= 4 is 5.91 Å². The Kier molecular flexibility index (Phi) is 3.60. The third kappa shape index (κ3) is 2.89. The van der Waals surface area contributed by atoms with Gasteiger partial charge in [-0.3, -0.25) is 14.7 Å². The van der Waals surface area contributed by atoms with Crippen LogP contribution < -0.4 is 5.43 Å². The summed E-state index contributed by atoms with van der Waals surface area (Å²) in [6.45, 7) is 2.96. The van der Waals surface area contributed by atoms with Crippen LogP contribution in [0.3, 0.4) is 0 Å². The summed E-state index contributed by atoms with van der Waals surface area (Å²) in [5.41, 5.74) is 0.836. The van der Waals surface area contributed by atoms with Gasteiger partial charge in [0.25, 0.3) is 5.91 Å². The summed E-state index contributed by atoms with van der Waals surface area (Å²) >= 11 is 0. The summed E-state index contributed by atoms with van der Waals surface area (Å²) in [6, 6.07) is 4.57. The van der Waals surface area contributed by atoms with E-state index in [1.807, 2.05) is 6.07 Å². The van der Waals surface area contributed by atoms with Crippen LogP contribution in [-0.2, 0) is 0 Å². The first-order valence-electron chi connectivity index (χ1n) is 7.04. The van der Waals surface area contributed by atoms with Gasteiger partial charge in [-0.05, 0) is 25.8 Å². The maximum absolute atomic E-state index is 12.5. The molecule has 1 atom stereocenters. The van der Waals surface area contributed by atoms with Crippen LogP contribution in [0.25, 0.3) is 0 Å². The molecule has 0 bridgehead atoms. The summed E-state index contributed by atoms with van der Waals surface area (Å²) < 4.78 is 5.39. The number of carbonyl (C=O) groups is 1. The molecule has 0 aromatic carbocycles.